The summed E-state index contributed by atoms with van der Waals surface area (Å²) in [6, 6.07) is 0. The molecular formula is C21H41NO. The highest BCUT2D eigenvalue weighted by atomic mass is 16.2. The molecule has 0 spiro atoms. The number of likely N-dealkylation sites (tertiary alicyclic amines) is 1. The molecule has 1 rings (SSSR count). The summed E-state index contributed by atoms with van der Waals surface area (Å²) in [6.07, 6.45) is 22.7. The van der Waals surface area contributed by atoms with Crippen LogP contribution in [0, 0.1) is 0 Å². The maximum Gasteiger partial charge on any atom is 0.222 e. The SMILES string of the molecule is CCCCCCCCCCCCCCCCN1CCCCC1=O. The van der Waals surface area contributed by atoms with E-state index in [9.17, 15) is 4.79 Å². The highest BCUT2D eigenvalue weighted by Gasteiger charge is 2.16. The van der Waals surface area contributed by atoms with Crippen LogP contribution < -0.4 is 0 Å². The van der Waals surface area contributed by atoms with Gasteiger partial charge in [-0.3, -0.25) is 4.79 Å². The van der Waals surface area contributed by atoms with Gasteiger partial charge in [-0.1, -0.05) is 90.4 Å². The Hall–Kier alpha value is -0.530. The molecule has 1 heterocycles. The molecule has 2 nitrogen and oxygen atoms in total. The topological polar surface area (TPSA) is 20.3 Å². The van der Waals surface area contributed by atoms with E-state index < -0.39 is 0 Å². The van der Waals surface area contributed by atoms with Crippen LogP contribution in [0.15, 0.2) is 0 Å². The molecule has 1 aliphatic rings. The third-order valence-corrected chi connectivity index (χ3v) is 5.20. The van der Waals surface area contributed by atoms with E-state index in [1.807, 2.05) is 0 Å². The molecule has 136 valence electrons. The van der Waals surface area contributed by atoms with Crippen molar-refractivity contribution in [2.45, 2.75) is 116 Å². The van der Waals surface area contributed by atoms with Crippen molar-refractivity contribution < 1.29 is 4.79 Å². The third-order valence-electron chi connectivity index (χ3n) is 5.20. The number of amides is 1. The second-order valence-electron chi connectivity index (χ2n) is 7.43. The second kappa shape index (κ2) is 15.0. The zero-order valence-electron chi connectivity index (χ0n) is 15.8. The van der Waals surface area contributed by atoms with Crippen molar-refractivity contribution in [3.63, 3.8) is 0 Å². The van der Waals surface area contributed by atoms with Gasteiger partial charge in [0.2, 0.25) is 5.91 Å². The first-order valence-electron chi connectivity index (χ1n) is 10.6. The van der Waals surface area contributed by atoms with Crippen LogP contribution in [0.25, 0.3) is 0 Å². The monoisotopic (exact) mass is 323 g/mol. The van der Waals surface area contributed by atoms with Crippen LogP contribution in [0.5, 0.6) is 0 Å². The van der Waals surface area contributed by atoms with Gasteiger partial charge in [-0.2, -0.15) is 0 Å². The summed E-state index contributed by atoms with van der Waals surface area (Å²) in [5.41, 5.74) is 0. The van der Waals surface area contributed by atoms with E-state index in [1.54, 1.807) is 0 Å². The van der Waals surface area contributed by atoms with Gasteiger partial charge in [-0.05, 0) is 19.3 Å². The molecule has 23 heavy (non-hydrogen) atoms. The Labute approximate surface area is 145 Å². The molecule has 0 radical (unpaired) electrons. The van der Waals surface area contributed by atoms with Gasteiger partial charge in [0.1, 0.15) is 0 Å². The van der Waals surface area contributed by atoms with Crippen LogP contribution in [-0.4, -0.2) is 23.9 Å². The predicted molar refractivity (Wildman–Crippen MR) is 101 cm³/mol. The molecule has 0 aromatic heterocycles. The fourth-order valence-corrected chi connectivity index (χ4v) is 3.60. The van der Waals surface area contributed by atoms with Crippen LogP contribution >= 0.6 is 0 Å². The van der Waals surface area contributed by atoms with E-state index in [2.05, 4.69) is 11.8 Å². The molecule has 0 aromatic rings. The zero-order chi connectivity index (χ0) is 16.6. The molecule has 1 aliphatic heterocycles. The molecule has 0 atom stereocenters. The Morgan fingerprint density at radius 2 is 1.17 bits per heavy atom. The Morgan fingerprint density at radius 1 is 0.696 bits per heavy atom. The Balaban J connectivity index is 1.74. The van der Waals surface area contributed by atoms with Crippen molar-refractivity contribution in [3.8, 4) is 0 Å². The number of rotatable bonds is 15. The van der Waals surface area contributed by atoms with Crippen molar-refractivity contribution in [3.05, 3.63) is 0 Å². The minimum atomic E-state index is 0.394. The molecule has 1 saturated heterocycles. The summed E-state index contributed by atoms with van der Waals surface area (Å²) < 4.78 is 0. The third kappa shape index (κ3) is 11.6. The number of carbonyl (C=O) groups is 1. The first-order valence-corrected chi connectivity index (χ1v) is 10.6. The maximum atomic E-state index is 11.7. The number of hydrogen-bond acceptors (Lipinski definition) is 1. The van der Waals surface area contributed by atoms with Gasteiger partial charge in [0.15, 0.2) is 0 Å². The van der Waals surface area contributed by atoms with Gasteiger partial charge in [0.05, 0.1) is 0 Å². The molecule has 0 aromatic carbocycles. The maximum absolute atomic E-state index is 11.7. The van der Waals surface area contributed by atoms with Crippen LogP contribution in [0.1, 0.15) is 116 Å². The van der Waals surface area contributed by atoms with Gasteiger partial charge in [0, 0.05) is 19.5 Å². The lowest BCUT2D eigenvalue weighted by Gasteiger charge is -2.26. The van der Waals surface area contributed by atoms with Crippen LogP contribution in [-0.2, 0) is 4.79 Å². The van der Waals surface area contributed by atoms with E-state index in [-0.39, 0.29) is 0 Å². The number of hydrogen-bond donors (Lipinski definition) is 0. The molecular weight excluding hydrogens is 282 g/mol. The number of piperidine rings is 1. The standard InChI is InChI=1S/C21H41NO/c1-2-3-4-5-6-7-8-9-10-11-12-13-14-16-19-22-20-17-15-18-21(22)23/h2-20H2,1H3. The fourth-order valence-electron chi connectivity index (χ4n) is 3.60. The lowest BCUT2D eigenvalue weighted by atomic mass is 10.0. The Bertz CT molecular complexity index is 277. The average molecular weight is 324 g/mol. The van der Waals surface area contributed by atoms with Crippen molar-refractivity contribution >= 4 is 5.91 Å². The number of carbonyl (C=O) groups excluding carboxylic acids is 1. The summed E-state index contributed by atoms with van der Waals surface area (Å²) in [5.74, 6) is 0.394. The highest BCUT2D eigenvalue weighted by Crippen LogP contribution is 2.14. The van der Waals surface area contributed by atoms with E-state index in [1.165, 1.54) is 96.3 Å². The van der Waals surface area contributed by atoms with Crippen molar-refractivity contribution in [2.24, 2.45) is 0 Å². The van der Waals surface area contributed by atoms with Gasteiger partial charge in [-0.25, -0.2) is 0 Å². The van der Waals surface area contributed by atoms with Crippen LogP contribution in [0.4, 0.5) is 0 Å². The van der Waals surface area contributed by atoms with E-state index in [0.717, 1.165) is 25.9 Å². The van der Waals surface area contributed by atoms with Crippen LogP contribution in [0.3, 0.4) is 0 Å². The largest absolute Gasteiger partial charge is 0.343 e. The smallest absolute Gasteiger partial charge is 0.222 e. The molecule has 0 aliphatic carbocycles. The Morgan fingerprint density at radius 3 is 1.65 bits per heavy atom. The molecule has 0 unspecified atom stereocenters. The Kier molecular flexibility index (Phi) is 13.4. The predicted octanol–water partition coefficient (Wildman–Crippen LogP) is 6.48. The summed E-state index contributed by atoms with van der Waals surface area (Å²) in [6.45, 7) is 4.31. The quantitative estimate of drug-likeness (QED) is 0.316. The normalized spacial score (nSPS) is 15.3. The van der Waals surface area contributed by atoms with Gasteiger partial charge in [0.25, 0.3) is 0 Å². The first-order chi connectivity index (χ1) is 11.3. The lowest BCUT2D eigenvalue weighted by molar-refractivity contribution is -0.133. The molecule has 2 heteroatoms. The van der Waals surface area contributed by atoms with Gasteiger partial charge in [-0.15, -0.1) is 0 Å². The molecule has 0 N–H and O–H groups in total. The van der Waals surface area contributed by atoms with Gasteiger partial charge >= 0.3 is 0 Å². The van der Waals surface area contributed by atoms with Crippen molar-refractivity contribution in [1.29, 1.82) is 0 Å². The molecule has 0 saturated carbocycles. The summed E-state index contributed by atoms with van der Waals surface area (Å²) in [4.78, 5) is 13.8. The summed E-state index contributed by atoms with van der Waals surface area (Å²) in [7, 11) is 0. The van der Waals surface area contributed by atoms with Crippen LogP contribution in [0.2, 0.25) is 0 Å². The lowest BCUT2D eigenvalue weighted by Crippen LogP contribution is -2.35. The minimum absolute atomic E-state index is 0.394. The van der Waals surface area contributed by atoms with Crippen molar-refractivity contribution in [2.75, 3.05) is 13.1 Å². The zero-order valence-corrected chi connectivity index (χ0v) is 15.8. The average Bonchev–Trinajstić information content (AvgIpc) is 2.57. The second-order valence-corrected chi connectivity index (χ2v) is 7.43. The number of nitrogens with zero attached hydrogens (tertiary/aromatic N) is 1. The first kappa shape index (κ1) is 20.5. The van der Waals surface area contributed by atoms with E-state index in [4.69, 9.17) is 0 Å². The number of unbranched alkanes of at least 4 members (excludes halogenated alkanes) is 13. The van der Waals surface area contributed by atoms with Crippen molar-refractivity contribution in [1.82, 2.24) is 4.90 Å². The van der Waals surface area contributed by atoms with E-state index in [0.29, 0.717) is 5.91 Å². The summed E-state index contributed by atoms with van der Waals surface area (Å²) >= 11 is 0. The molecule has 1 fully saturated rings. The fraction of sp³-hybridized carbons (Fsp3) is 0.952. The van der Waals surface area contributed by atoms with E-state index >= 15 is 0 Å². The molecule has 0 bridgehead atoms. The van der Waals surface area contributed by atoms with Gasteiger partial charge < -0.3 is 4.90 Å². The summed E-state index contributed by atoms with van der Waals surface area (Å²) in [5, 5.41) is 0. The highest BCUT2D eigenvalue weighted by molar-refractivity contribution is 5.76. The molecule has 1 amide bonds. The minimum Gasteiger partial charge on any atom is -0.343 e.